The van der Waals surface area contributed by atoms with Crippen molar-refractivity contribution in [3.05, 3.63) is 28.7 Å². The lowest BCUT2D eigenvalue weighted by atomic mass is 10.0. The van der Waals surface area contributed by atoms with Crippen LogP contribution in [0.5, 0.6) is 0 Å². The predicted molar refractivity (Wildman–Crippen MR) is 70.1 cm³/mol. The number of aromatic nitrogens is 3. The highest BCUT2D eigenvalue weighted by Crippen LogP contribution is 2.29. The Hall–Kier alpha value is -1.27. The summed E-state index contributed by atoms with van der Waals surface area (Å²) in [6.45, 7) is 3.13. The van der Waals surface area contributed by atoms with E-state index in [4.69, 9.17) is 4.52 Å². The largest absolute Gasteiger partial charge is 0.339 e. The molecule has 1 aliphatic heterocycles. The maximum atomic E-state index is 5.37. The number of pyridine rings is 1. The molecule has 1 aliphatic rings. The van der Waals surface area contributed by atoms with Crippen LogP contribution < -0.4 is 5.32 Å². The fraction of sp³-hybridized carbons (Fsp3) is 0.417. The first-order chi connectivity index (χ1) is 8.75. The Morgan fingerprint density at radius 2 is 2.39 bits per heavy atom. The zero-order chi connectivity index (χ0) is 12.5. The predicted octanol–water partition coefficient (Wildman–Crippen LogP) is 2.36. The zero-order valence-corrected chi connectivity index (χ0v) is 11.5. The van der Waals surface area contributed by atoms with E-state index in [0.717, 1.165) is 17.4 Å². The summed E-state index contributed by atoms with van der Waals surface area (Å²) in [4.78, 5) is 8.72. The van der Waals surface area contributed by atoms with E-state index in [1.54, 1.807) is 6.20 Å². The van der Waals surface area contributed by atoms with Crippen LogP contribution in [0.25, 0.3) is 11.5 Å². The van der Waals surface area contributed by atoms with E-state index in [1.807, 2.05) is 12.1 Å². The molecule has 94 valence electrons. The minimum atomic E-state index is 0.300. The van der Waals surface area contributed by atoms with Gasteiger partial charge in [-0.15, -0.1) is 0 Å². The average Bonchev–Trinajstić information content (AvgIpc) is 2.98. The summed E-state index contributed by atoms with van der Waals surface area (Å²) in [5.41, 5.74) is 0.714. The second-order valence-electron chi connectivity index (χ2n) is 4.43. The first kappa shape index (κ1) is 11.8. The third-order valence-electron chi connectivity index (χ3n) is 3.25. The normalized spacial score (nSPS) is 23.4. The van der Waals surface area contributed by atoms with Crippen LogP contribution in [0.2, 0.25) is 0 Å². The topological polar surface area (TPSA) is 63.8 Å². The number of nitrogens with one attached hydrogen (secondary N) is 1. The van der Waals surface area contributed by atoms with E-state index < -0.39 is 0 Å². The molecule has 2 unspecified atom stereocenters. The molecule has 18 heavy (non-hydrogen) atoms. The molecular formula is C12H13BrN4O. The van der Waals surface area contributed by atoms with E-state index in [0.29, 0.717) is 29.4 Å². The van der Waals surface area contributed by atoms with Gasteiger partial charge in [0, 0.05) is 16.7 Å². The third-order valence-corrected chi connectivity index (χ3v) is 3.89. The molecule has 0 saturated carbocycles. The minimum absolute atomic E-state index is 0.300. The van der Waals surface area contributed by atoms with Gasteiger partial charge in [-0.2, -0.15) is 4.98 Å². The standard InChI is InChI=1S/C12H13BrN4O/c1-7-8(4-6-14-7)12-16-11(17-18-12)10-9(13)3-2-5-15-10/h2-3,5,7-8,14H,4,6H2,1H3. The van der Waals surface area contributed by atoms with Gasteiger partial charge < -0.3 is 9.84 Å². The van der Waals surface area contributed by atoms with Gasteiger partial charge in [0.05, 0.1) is 5.92 Å². The van der Waals surface area contributed by atoms with Crippen molar-refractivity contribution in [1.29, 1.82) is 0 Å². The van der Waals surface area contributed by atoms with Gasteiger partial charge in [-0.1, -0.05) is 5.16 Å². The molecule has 1 fully saturated rings. The average molecular weight is 309 g/mol. The first-order valence-electron chi connectivity index (χ1n) is 5.93. The van der Waals surface area contributed by atoms with E-state index >= 15 is 0 Å². The van der Waals surface area contributed by atoms with Crippen LogP contribution in [-0.2, 0) is 0 Å². The highest BCUT2D eigenvalue weighted by Gasteiger charge is 2.29. The van der Waals surface area contributed by atoms with Crippen LogP contribution in [-0.4, -0.2) is 27.7 Å². The number of hydrogen-bond acceptors (Lipinski definition) is 5. The highest BCUT2D eigenvalue weighted by molar-refractivity contribution is 9.10. The van der Waals surface area contributed by atoms with Crippen molar-refractivity contribution in [3.63, 3.8) is 0 Å². The smallest absolute Gasteiger partial charge is 0.231 e. The molecule has 0 radical (unpaired) electrons. The molecule has 5 nitrogen and oxygen atoms in total. The van der Waals surface area contributed by atoms with Gasteiger partial charge >= 0.3 is 0 Å². The fourth-order valence-corrected chi connectivity index (χ4v) is 2.66. The lowest BCUT2D eigenvalue weighted by molar-refractivity contribution is 0.345. The molecule has 0 aromatic carbocycles. The summed E-state index contributed by atoms with van der Waals surface area (Å²) in [6, 6.07) is 4.15. The van der Waals surface area contributed by atoms with Crippen LogP contribution >= 0.6 is 15.9 Å². The third kappa shape index (κ3) is 2.06. The van der Waals surface area contributed by atoms with E-state index in [-0.39, 0.29) is 0 Å². The Bertz CT molecular complexity index is 557. The lowest BCUT2D eigenvalue weighted by Gasteiger charge is -2.08. The van der Waals surface area contributed by atoms with E-state index in [2.05, 4.69) is 43.3 Å². The molecule has 3 heterocycles. The van der Waals surface area contributed by atoms with Crippen LogP contribution in [0.3, 0.4) is 0 Å². The van der Waals surface area contributed by atoms with Crippen LogP contribution in [0.15, 0.2) is 27.3 Å². The molecule has 2 aromatic rings. The quantitative estimate of drug-likeness (QED) is 0.922. The van der Waals surface area contributed by atoms with Crippen molar-refractivity contribution < 1.29 is 4.52 Å². The van der Waals surface area contributed by atoms with E-state index in [9.17, 15) is 0 Å². The van der Waals surface area contributed by atoms with Crippen LogP contribution in [0, 0.1) is 0 Å². The molecule has 3 rings (SSSR count). The SMILES string of the molecule is CC1NCCC1c1nc(-c2ncccc2Br)no1. The van der Waals surface area contributed by atoms with Crippen molar-refractivity contribution >= 4 is 15.9 Å². The molecule has 0 bridgehead atoms. The molecule has 0 amide bonds. The molecule has 1 N–H and O–H groups in total. The number of hydrogen-bond donors (Lipinski definition) is 1. The molecule has 1 saturated heterocycles. The molecule has 2 atom stereocenters. The maximum Gasteiger partial charge on any atom is 0.231 e. The van der Waals surface area contributed by atoms with Crippen LogP contribution in [0.4, 0.5) is 0 Å². The maximum absolute atomic E-state index is 5.37. The van der Waals surface area contributed by atoms with Crippen molar-refractivity contribution in [2.75, 3.05) is 6.54 Å². The van der Waals surface area contributed by atoms with Crippen molar-refractivity contribution in [3.8, 4) is 11.5 Å². The second kappa shape index (κ2) is 4.78. The monoisotopic (exact) mass is 308 g/mol. The van der Waals surface area contributed by atoms with Crippen molar-refractivity contribution in [2.45, 2.75) is 25.3 Å². The Morgan fingerprint density at radius 1 is 1.50 bits per heavy atom. The number of nitrogens with zero attached hydrogens (tertiary/aromatic N) is 3. The summed E-state index contributed by atoms with van der Waals surface area (Å²) in [7, 11) is 0. The van der Waals surface area contributed by atoms with Gasteiger partial charge in [-0.05, 0) is 48.0 Å². The van der Waals surface area contributed by atoms with Gasteiger partial charge in [0.15, 0.2) is 0 Å². The van der Waals surface area contributed by atoms with Gasteiger partial charge in [0.1, 0.15) is 5.69 Å². The Balaban J connectivity index is 1.92. The van der Waals surface area contributed by atoms with Gasteiger partial charge in [-0.3, -0.25) is 4.98 Å². The summed E-state index contributed by atoms with van der Waals surface area (Å²) >= 11 is 3.44. The first-order valence-corrected chi connectivity index (χ1v) is 6.73. The molecular weight excluding hydrogens is 296 g/mol. The van der Waals surface area contributed by atoms with Gasteiger partial charge in [0.2, 0.25) is 11.7 Å². The lowest BCUT2D eigenvalue weighted by Crippen LogP contribution is -2.21. The molecule has 2 aromatic heterocycles. The zero-order valence-electron chi connectivity index (χ0n) is 9.93. The highest BCUT2D eigenvalue weighted by atomic mass is 79.9. The van der Waals surface area contributed by atoms with Gasteiger partial charge in [0.25, 0.3) is 0 Å². The van der Waals surface area contributed by atoms with E-state index in [1.165, 1.54) is 0 Å². The Morgan fingerprint density at radius 3 is 3.11 bits per heavy atom. The van der Waals surface area contributed by atoms with Gasteiger partial charge in [-0.25, -0.2) is 0 Å². The van der Waals surface area contributed by atoms with Crippen molar-refractivity contribution in [1.82, 2.24) is 20.4 Å². The summed E-state index contributed by atoms with van der Waals surface area (Å²) in [6.07, 6.45) is 2.75. The second-order valence-corrected chi connectivity index (χ2v) is 5.28. The van der Waals surface area contributed by atoms with Crippen molar-refractivity contribution in [2.24, 2.45) is 0 Å². The molecule has 6 heteroatoms. The molecule has 0 aliphatic carbocycles. The minimum Gasteiger partial charge on any atom is -0.339 e. The van der Waals surface area contributed by atoms with Crippen LogP contribution in [0.1, 0.15) is 25.2 Å². The summed E-state index contributed by atoms with van der Waals surface area (Å²) in [5.74, 6) is 1.53. The summed E-state index contributed by atoms with van der Waals surface area (Å²) < 4.78 is 6.24. The Kier molecular flexibility index (Phi) is 3.13. The number of halogens is 1. The number of rotatable bonds is 2. The summed E-state index contributed by atoms with van der Waals surface area (Å²) in [5, 5.41) is 7.40. The molecule has 0 spiro atoms. The Labute approximate surface area is 113 Å². The fourth-order valence-electron chi connectivity index (χ4n) is 2.23.